The van der Waals surface area contributed by atoms with Gasteiger partial charge in [0.1, 0.15) is 0 Å². The first-order chi connectivity index (χ1) is 3.66. The Labute approximate surface area is 60.0 Å². The Bertz CT molecular complexity index is 122. The fourth-order valence-corrected chi connectivity index (χ4v) is 0.270. The molecule has 0 aromatic carbocycles. The summed E-state index contributed by atoms with van der Waals surface area (Å²) in [6, 6.07) is 0. The van der Waals surface area contributed by atoms with Gasteiger partial charge in [0, 0.05) is 12.6 Å². The lowest BCUT2D eigenvalue weighted by molar-refractivity contribution is -0.131. The van der Waals surface area contributed by atoms with Crippen LogP contribution < -0.4 is 5.73 Å². The van der Waals surface area contributed by atoms with Crippen LogP contribution in [-0.4, -0.2) is 17.6 Å². The second kappa shape index (κ2) is 5.59. The molecule has 0 aliphatic rings. The van der Waals surface area contributed by atoms with E-state index in [0.717, 1.165) is 6.08 Å². The van der Waals surface area contributed by atoms with Crippen molar-refractivity contribution < 1.29 is 9.90 Å². The van der Waals surface area contributed by atoms with Crippen molar-refractivity contribution in [2.75, 3.05) is 6.54 Å². The summed E-state index contributed by atoms with van der Waals surface area (Å²) in [5, 5.41) is 8.08. The highest BCUT2D eigenvalue weighted by Crippen LogP contribution is 1.85. The molecule has 0 unspecified atom stereocenters. The summed E-state index contributed by atoms with van der Waals surface area (Å²) in [5.74, 6) is -0.937. The molecule has 0 rings (SSSR count). The van der Waals surface area contributed by atoms with Crippen molar-refractivity contribution in [1.29, 1.82) is 0 Å². The molecule has 0 saturated heterocycles. The molecular weight excluding hydrogens is 142 g/mol. The van der Waals surface area contributed by atoms with E-state index >= 15 is 0 Å². The minimum absolute atomic E-state index is 0. The van der Waals surface area contributed by atoms with Crippen molar-refractivity contribution in [3.05, 3.63) is 11.6 Å². The maximum absolute atomic E-state index is 9.84. The van der Waals surface area contributed by atoms with Crippen LogP contribution in [0.15, 0.2) is 11.6 Å². The Balaban J connectivity index is 0. The van der Waals surface area contributed by atoms with Gasteiger partial charge in [-0.15, -0.1) is 12.4 Å². The van der Waals surface area contributed by atoms with E-state index in [2.05, 4.69) is 0 Å². The third-order valence-corrected chi connectivity index (χ3v) is 0.692. The molecule has 54 valence electrons. The SMILES string of the molecule is CC(=CC(=O)O)CN.Cl. The van der Waals surface area contributed by atoms with Crippen molar-refractivity contribution in [3.63, 3.8) is 0 Å². The minimum Gasteiger partial charge on any atom is -0.478 e. The highest BCUT2D eigenvalue weighted by atomic mass is 35.5. The summed E-state index contributed by atoms with van der Waals surface area (Å²) in [5.41, 5.74) is 5.77. The Morgan fingerprint density at radius 1 is 1.78 bits per heavy atom. The normalized spacial score (nSPS) is 10.2. The molecule has 9 heavy (non-hydrogen) atoms. The maximum Gasteiger partial charge on any atom is 0.328 e. The number of nitrogens with two attached hydrogens (primary N) is 1. The molecule has 4 heteroatoms. The molecule has 0 aromatic heterocycles. The van der Waals surface area contributed by atoms with Gasteiger partial charge in [-0.25, -0.2) is 4.79 Å². The van der Waals surface area contributed by atoms with Gasteiger partial charge in [-0.2, -0.15) is 0 Å². The van der Waals surface area contributed by atoms with Crippen LogP contribution in [0.2, 0.25) is 0 Å². The third-order valence-electron chi connectivity index (χ3n) is 0.692. The van der Waals surface area contributed by atoms with Crippen LogP contribution in [0.4, 0.5) is 0 Å². The minimum atomic E-state index is -0.937. The lowest BCUT2D eigenvalue weighted by Gasteiger charge is -1.88. The van der Waals surface area contributed by atoms with Gasteiger partial charge in [0.25, 0.3) is 0 Å². The fourth-order valence-electron chi connectivity index (χ4n) is 0.270. The van der Waals surface area contributed by atoms with Gasteiger partial charge in [0.05, 0.1) is 0 Å². The number of hydrogen-bond acceptors (Lipinski definition) is 2. The van der Waals surface area contributed by atoms with Gasteiger partial charge in [0.2, 0.25) is 0 Å². The molecule has 0 spiro atoms. The Kier molecular flexibility index (Phi) is 7.01. The van der Waals surface area contributed by atoms with E-state index in [4.69, 9.17) is 10.8 Å². The summed E-state index contributed by atoms with van der Waals surface area (Å²) >= 11 is 0. The average Bonchev–Trinajstić information content (AvgIpc) is 1.65. The summed E-state index contributed by atoms with van der Waals surface area (Å²) < 4.78 is 0. The summed E-state index contributed by atoms with van der Waals surface area (Å²) in [6.07, 6.45) is 1.10. The van der Waals surface area contributed by atoms with E-state index in [9.17, 15) is 4.79 Å². The number of rotatable bonds is 2. The molecule has 0 atom stereocenters. The monoisotopic (exact) mass is 151 g/mol. The van der Waals surface area contributed by atoms with Gasteiger partial charge in [0.15, 0.2) is 0 Å². The van der Waals surface area contributed by atoms with Crippen LogP contribution in [0.25, 0.3) is 0 Å². The largest absolute Gasteiger partial charge is 0.478 e. The first kappa shape index (κ1) is 11.3. The van der Waals surface area contributed by atoms with Crippen LogP contribution in [0.3, 0.4) is 0 Å². The maximum atomic E-state index is 9.84. The second-order valence-corrected chi connectivity index (χ2v) is 1.53. The molecule has 0 radical (unpaired) electrons. The van der Waals surface area contributed by atoms with E-state index in [1.807, 2.05) is 0 Å². The van der Waals surface area contributed by atoms with Crippen LogP contribution in [0, 0.1) is 0 Å². The summed E-state index contributed by atoms with van der Waals surface area (Å²) in [7, 11) is 0. The number of aliphatic carboxylic acids is 1. The highest BCUT2D eigenvalue weighted by Gasteiger charge is 1.88. The number of carboxylic acids is 1. The molecule has 0 saturated carbocycles. The van der Waals surface area contributed by atoms with Crippen LogP contribution in [0.5, 0.6) is 0 Å². The zero-order valence-electron chi connectivity index (χ0n) is 5.13. The van der Waals surface area contributed by atoms with Crippen molar-refractivity contribution in [1.82, 2.24) is 0 Å². The summed E-state index contributed by atoms with van der Waals surface area (Å²) in [6.45, 7) is 1.99. The zero-order chi connectivity index (χ0) is 6.57. The molecule has 0 bridgehead atoms. The number of carboxylic acid groups (broad SMARTS) is 1. The number of carbonyl (C=O) groups is 1. The fraction of sp³-hybridized carbons (Fsp3) is 0.400. The van der Waals surface area contributed by atoms with E-state index in [0.29, 0.717) is 12.1 Å². The lowest BCUT2D eigenvalue weighted by atomic mass is 10.3. The van der Waals surface area contributed by atoms with E-state index in [1.54, 1.807) is 6.92 Å². The molecule has 0 aliphatic carbocycles. The Morgan fingerprint density at radius 3 is 2.33 bits per heavy atom. The Morgan fingerprint density at radius 2 is 2.22 bits per heavy atom. The molecule has 0 fully saturated rings. The predicted molar refractivity (Wildman–Crippen MR) is 37.7 cm³/mol. The zero-order valence-corrected chi connectivity index (χ0v) is 5.94. The molecule has 0 amide bonds. The predicted octanol–water partition coefficient (Wildman–Crippen LogP) is 0.398. The van der Waals surface area contributed by atoms with E-state index < -0.39 is 5.97 Å². The van der Waals surface area contributed by atoms with Crippen LogP contribution in [-0.2, 0) is 4.79 Å². The highest BCUT2D eigenvalue weighted by molar-refractivity contribution is 5.85. The van der Waals surface area contributed by atoms with Crippen molar-refractivity contribution in [3.8, 4) is 0 Å². The van der Waals surface area contributed by atoms with Crippen molar-refractivity contribution in [2.45, 2.75) is 6.92 Å². The quantitative estimate of drug-likeness (QED) is 0.562. The van der Waals surface area contributed by atoms with Crippen LogP contribution in [0.1, 0.15) is 6.92 Å². The topological polar surface area (TPSA) is 63.3 Å². The molecule has 3 N–H and O–H groups in total. The molecule has 0 heterocycles. The third kappa shape index (κ3) is 7.46. The molecular formula is C5H10ClNO2. The molecule has 0 aliphatic heterocycles. The van der Waals surface area contributed by atoms with E-state index in [1.165, 1.54) is 0 Å². The van der Waals surface area contributed by atoms with E-state index in [-0.39, 0.29) is 12.4 Å². The van der Waals surface area contributed by atoms with Gasteiger partial charge in [-0.3, -0.25) is 0 Å². The van der Waals surface area contributed by atoms with Crippen molar-refractivity contribution >= 4 is 18.4 Å². The van der Waals surface area contributed by atoms with Gasteiger partial charge in [-0.1, -0.05) is 5.57 Å². The van der Waals surface area contributed by atoms with Crippen LogP contribution >= 0.6 is 12.4 Å². The lowest BCUT2D eigenvalue weighted by Crippen LogP contribution is -2.02. The Hall–Kier alpha value is -0.540. The number of hydrogen-bond donors (Lipinski definition) is 2. The average molecular weight is 152 g/mol. The molecule has 3 nitrogen and oxygen atoms in total. The van der Waals surface area contributed by atoms with Gasteiger partial charge < -0.3 is 10.8 Å². The van der Waals surface area contributed by atoms with Crippen molar-refractivity contribution in [2.24, 2.45) is 5.73 Å². The summed E-state index contributed by atoms with van der Waals surface area (Å²) in [4.78, 5) is 9.84. The first-order valence-corrected chi connectivity index (χ1v) is 2.27. The second-order valence-electron chi connectivity index (χ2n) is 1.53. The standard InChI is InChI=1S/C5H9NO2.ClH/c1-4(3-6)2-5(7)8;/h2H,3,6H2,1H3,(H,7,8);1H. The van der Waals surface area contributed by atoms with Gasteiger partial charge >= 0.3 is 5.97 Å². The first-order valence-electron chi connectivity index (χ1n) is 2.27. The smallest absolute Gasteiger partial charge is 0.328 e. The van der Waals surface area contributed by atoms with Gasteiger partial charge in [-0.05, 0) is 6.92 Å². The molecule has 0 aromatic rings. The number of halogens is 1.